The predicted molar refractivity (Wildman–Crippen MR) is 72.9 cm³/mol. The van der Waals surface area contributed by atoms with Gasteiger partial charge in [0.15, 0.2) is 0 Å². The van der Waals surface area contributed by atoms with Crippen molar-refractivity contribution in [1.82, 2.24) is 15.1 Å². The highest BCUT2D eigenvalue weighted by molar-refractivity contribution is 5.16. The van der Waals surface area contributed by atoms with Crippen molar-refractivity contribution in [2.75, 3.05) is 13.1 Å². The highest BCUT2D eigenvalue weighted by Gasteiger charge is 2.39. The Balaban J connectivity index is 1.89. The van der Waals surface area contributed by atoms with Crippen molar-refractivity contribution in [3.8, 4) is 5.88 Å². The molecule has 102 valence electrons. The molecule has 1 aliphatic carbocycles. The molecule has 1 heterocycles. The van der Waals surface area contributed by atoms with Crippen LogP contribution in [-0.2, 0) is 7.05 Å². The third-order valence-electron chi connectivity index (χ3n) is 3.73. The van der Waals surface area contributed by atoms with E-state index in [-0.39, 0.29) is 5.60 Å². The average Bonchev–Trinajstić information content (AvgIpc) is 2.59. The minimum atomic E-state index is 0.0565. The highest BCUT2D eigenvalue weighted by atomic mass is 16.5. The van der Waals surface area contributed by atoms with Crippen molar-refractivity contribution in [3.05, 3.63) is 11.8 Å². The number of aryl methyl sites for hydroxylation is 2. The summed E-state index contributed by atoms with van der Waals surface area (Å²) in [5.41, 5.74) is 1.08. The topological polar surface area (TPSA) is 39.1 Å². The normalized spacial score (nSPS) is 17.5. The maximum atomic E-state index is 6.23. The fraction of sp³-hybridized carbons (Fsp3) is 0.786. The molecule has 1 aliphatic rings. The summed E-state index contributed by atoms with van der Waals surface area (Å²) in [4.78, 5) is 0. The number of nitrogens with one attached hydrogen (secondary N) is 1. The molecule has 4 nitrogen and oxygen atoms in total. The molecule has 0 aliphatic heterocycles. The predicted octanol–water partition coefficient (Wildman–Crippen LogP) is 2.42. The summed E-state index contributed by atoms with van der Waals surface area (Å²) in [5.74, 6) is 0.905. The summed E-state index contributed by atoms with van der Waals surface area (Å²) < 4.78 is 8.07. The molecule has 0 aromatic carbocycles. The van der Waals surface area contributed by atoms with Crippen LogP contribution in [0.5, 0.6) is 5.88 Å². The largest absolute Gasteiger partial charge is 0.471 e. The Morgan fingerprint density at radius 2 is 2.22 bits per heavy atom. The summed E-state index contributed by atoms with van der Waals surface area (Å²) in [6.07, 6.45) is 5.91. The Morgan fingerprint density at radius 3 is 2.72 bits per heavy atom. The summed E-state index contributed by atoms with van der Waals surface area (Å²) in [7, 11) is 1.95. The summed E-state index contributed by atoms with van der Waals surface area (Å²) in [5, 5.41) is 7.80. The summed E-state index contributed by atoms with van der Waals surface area (Å²) >= 11 is 0. The zero-order valence-corrected chi connectivity index (χ0v) is 11.8. The fourth-order valence-corrected chi connectivity index (χ4v) is 2.50. The van der Waals surface area contributed by atoms with Gasteiger partial charge in [0.25, 0.3) is 0 Å². The highest BCUT2D eigenvalue weighted by Crippen LogP contribution is 2.39. The average molecular weight is 251 g/mol. The lowest BCUT2D eigenvalue weighted by molar-refractivity contribution is -0.0209. The minimum Gasteiger partial charge on any atom is -0.471 e. The van der Waals surface area contributed by atoms with Crippen LogP contribution in [0.3, 0.4) is 0 Å². The van der Waals surface area contributed by atoms with Crippen molar-refractivity contribution in [2.24, 2.45) is 7.05 Å². The first kappa shape index (κ1) is 13.4. The number of aromatic nitrogens is 2. The lowest BCUT2D eigenvalue weighted by Crippen LogP contribution is -2.45. The van der Waals surface area contributed by atoms with Crippen molar-refractivity contribution in [3.63, 3.8) is 0 Å². The van der Waals surface area contributed by atoms with Gasteiger partial charge in [-0.25, -0.2) is 4.68 Å². The molecule has 0 radical (unpaired) electrons. The molecular formula is C14H25N3O. The molecule has 1 fully saturated rings. The van der Waals surface area contributed by atoms with E-state index in [0.29, 0.717) is 0 Å². The first-order chi connectivity index (χ1) is 8.65. The Bertz CT molecular complexity index is 382. The van der Waals surface area contributed by atoms with Gasteiger partial charge in [0.2, 0.25) is 5.88 Å². The van der Waals surface area contributed by atoms with Crippen LogP contribution in [0.1, 0.15) is 44.7 Å². The van der Waals surface area contributed by atoms with E-state index in [1.165, 1.54) is 25.7 Å². The lowest BCUT2D eigenvalue weighted by atomic mass is 9.77. The molecular weight excluding hydrogens is 226 g/mol. The quantitative estimate of drug-likeness (QED) is 0.756. The smallest absolute Gasteiger partial charge is 0.212 e. The molecule has 2 rings (SSSR count). The van der Waals surface area contributed by atoms with E-state index in [1.807, 2.05) is 24.7 Å². The van der Waals surface area contributed by atoms with Crippen molar-refractivity contribution < 1.29 is 4.74 Å². The first-order valence-corrected chi connectivity index (χ1v) is 7.05. The SMILES string of the molecule is CCCNCCC1(Oc2cc(C)nn2C)CCC1. The number of hydrogen-bond donors (Lipinski definition) is 1. The number of hydrogen-bond acceptors (Lipinski definition) is 3. The third kappa shape index (κ3) is 3.05. The summed E-state index contributed by atoms with van der Waals surface area (Å²) in [6, 6.07) is 2.03. The second kappa shape index (κ2) is 5.74. The van der Waals surface area contributed by atoms with Gasteiger partial charge in [-0.3, -0.25) is 0 Å². The van der Waals surface area contributed by atoms with E-state index >= 15 is 0 Å². The van der Waals surface area contributed by atoms with Crippen LogP contribution in [0.2, 0.25) is 0 Å². The molecule has 1 aromatic heterocycles. The van der Waals surface area contributed by atoms with E-state index in [0.717, 1.165) is 31.1 Å². The van der Waals surface area contributed by atoms with Gasteiger partial charge in [-0.15, -0.1) is 0 Å². The van der Waals surface area contributed by atoms with E-state index in [4.69, 9.17) is 4.74 Å². The molecule has 1 aromatic rings. The molecule has 1 saturated carbocycles. The zero-order valence-electron chi connectivity index (χ0n) is 11.8. The van der Waals surface area contributed by atoms with Crippen molar-refractivity contribution in [1.29, 1.82) is 0 Å². The Hall–Kier alpha value is -1.03. The van der Waals surface area contributed by atoms with Gasteiger partial charge >= 0.3 is 0 Å². The summed E-state index contributed by atoms with van der Waals surface area (Å²) in [6.45, 7) is 6.34. The van der Waals surface area contributed by atoms with Gasteiger partial charge in [-0.05, 0) is 52.1 Å². The second-order valence-corrected chi connectivity index (χ2v) is 5.39. The molecule has 4 heteroatoms. The van der Waals surface area contributed by atoms with Gasteiger partial charge in [0.1, 0.15) is 5.60 Å². The van der Waals surface area contributed by atoms with Gasteiger partial charge in [-0.1, -0.05) is 6.92 Å². The number of ether oxygens (including phenoxy) is 1. The zero-order chi connectivity index (χ0) is 13.0. The van der Waals surface area contributed by atoms with E-state index in [2.05, 4.69) is 17.3 Å². The van der Waals surface area contributed by atoms with Gasteiger partial charge in [0, 0.05) is 13.1 Å². The van der Waals surface area contributed by atoms with Crippen LogP contribution in [0.4, 0.5) is 0 Å². The van der Waals surface area contributed by atoms with E-state index in [1.54, 1.807) is 0 Å². The standard InChI is InChI=1S/C14H25N3O/c1-4-9-15-10-8-14(6-5-7-14)18-13-11-12(2)16-17(13)3/h11,15H,4-10H2,1-3H3. The van der Waals surface area contributed by atoms with E-state index < -0.39 is 0 Å². The van der Waals surface area contributed by atoms with E-state index in [9.17, 15) is 0 Å². The van der Waals surface area contributed by atoms with Gasteiger partial charge < -0.3 is 10.1 Å². The minimum absolute atomic E-state index is 0.0565. The molecule has 0 amide bonds. The lowest BCUT2D eigenvalue weighted by Gasteiger charge is -2.41. The molecule has 18 heavy (non-hydrogen) atoms. The van der Waals surface area contributed by atoms with Crippen LogP contribution in [0.25, 0.3) is 0 Å². The number of nitrogens with zero attached hydrogens (tertiary/aromatic N) is 2. The van der Waals surface area contributed by atoms with Crippen LogP contribution in [0.15, 0.2) is 6.07 Å². The van der Waals surface area contributed by atoms with Crippen molar-refractivity contribution >= 4 is 0 Å². The molecule has 0 atom stereocenters. The molecule has 1 N–H and O–H groups in total. The Morgan fingerprint density at radius 1 is 1.44 bits per heavy atom. The van der Waals surface area contributed by atoms with Crippen LogP contribution in [0, 0.1) is 6.92 Å². The molecule has 0 unspecified atom stereocenters. The van der Waals surface area contributed by atoms with Gasteiger partial charge in [0.05, 0.1) is 5.69 Å². The third-order valence-corrected chi connectivity index (χ3v) is 3.73. The van der Waals surface area contributed by atoms with Crippen LogP contribution in [-0.4, -0.2) is 28.5 Å². The maximum Gasteiger partial charge on any atom is 0.212 e. The second-order valence-electron chi connectivity index (χ2n) is 5.39. The van der Waals surface area contributed by atoms with Crippen LogP contribution >= 0.6 is 0 Å². The van der Waals surface area contributed by atoms with Gasteiger partial charge in [-0.2, -0.15) is 5.10 Å². The fourth-order valence-electron chi connectivity index (χ4n) is 2.50. The van der Waals surface area contributed by atoms with Crippen molar-refractivity contribution in [2.45, 2.75) is 51.6 Å². The Labute approximate surface area is 110 Å². The molecule has 0 saturated heterocycles. The number of rotatable bonds is 7. The molecule has 0 spiro atoms. The first-order valence-electron chi connectivity index (χ1n) is 7.05. The van der Waals surface area contributed by atoms with Crippen LogP contribution < -0.4 is 10.1 Å². The molecule has 0 bridgehead atoms. The maximum absolute atomic E-state index is 6.23. The Kier molecular flexibility index (Phi) is 4.27. The monoisotopic (exact) mass is 251 g/mol.